The van der Waals surface area contributed by atoms with Gasteiger partial charge in [0, 0.05) is 24.4 Å². The topological polar surface area (TPSA) is 51.4 Å². The van der Waals surface area contributed by atoms with Gasteiger partial charge in [-0.3, -0.25) is 4.98 Å². The molecule has 0 spiro atoms. The van der Waals surface area contributed by atoms with E-state index in [-0.39, 0.29) is 0 Å². The summed E-state index contributed by atoms with van der Waals surface area (Å²) in [7, 11) is 0. The van der Waals surface area contributed by atoms with Crippen LogP contribution in [0.1, 0.15) is 43.7 Å². The minimum Gasteiger partial charge on any atom is -0.396 e. The van der Waals surface area contributed by atoms with Crippen molar-refractivity contribution in [2.75, 3.05) is 36.9 Å². The first-order valence-corrected chi connectivity index (χ1v) is 8.85. The van der Waals surface area contributed by atoms with Crippen LogP contribution in [0.15, 0.2) is 24.3 Å². The van der Waals surface area contributed by atoms with Gasteiger partial charge in [-0.15, -0.1) is 0 Å². The molecule has 0 bridgehead atoms. The number of nitrogens with zero attached hydrogens (tertiary/aromatic N) is 2. The normalized spacial score (nSPS) is 20.1. The fraction of sp³-hybridized carbons (Fsp3) is 0.526. The molecule has 0 atom stereocenters. The second-order valence-corrected chi connectivity index (χ2v) is 6.71. The molecule has 0 unspecified atom stereocenters. The molecule has 4 heteroatoms. The number of aromatic nitrogens is 1. The second kappa shape index (κ2) is 6.36. The summed E-state index contributed by atoms with van der Waals surface area (Å²) in [6.45, 7) is 3.36. The average Bonchev–Trinajstić information content (AvgIpc) is 2.63. The van der Waals surface area contributed by atoms with Gasteiger partial charge in [0.05, 0.1) is 35.8 Å². The van der Waals surface area contributed by atoms with E-state index >= 15 is 0 Å². The Morgan fingerprint density at radius 1 is 1.04 bits per heavy atom. The van der Waals surface area contributed by atoms with Gasteiger partial charge in [-0.05, 0) is 18.9 Å². The first kappa shape index (κ1) is 14.8. The number of nitrogens with two attached hydrogens (primary N) is 1. The van der Waals surface area contributed by atoms with Crippen LogP contribution in [0.25, 0.3) is 10.9 Å². The molecule has 4 nitrogen and oxygen atoms in total. The Balaban J connectivity index is 1.86. The van der Waals surface area contributed by atoms with E-state index in [1.54, 1.807) is 0 Å². The molecule has 1 saturated carbocycles. The van der Waals surface area contributed by atoms with Crippen molar-refractivity contribution in [1.82, 2.24) is 4.98 Å². The molecule has 1 aromatic carbocycles. The van der Waals surface area contributed by atoms with Crippen LogP contribution in [-0.2, 0) is 4.74 Å². The summed E-state index contributed by atoms with van der Waals surface area (Å²) in [6.07, 6.45) is 6.44. The molecule has 23 heavy (non-hydrogen) atoms. The number of hydrogen-bond acceptors (Lipinski definition) is 4. The molecule has 1 aliphatic carbocycles. The molecule has 1 aromatic heterocycles. The summed E-state index contributed by atoms with van der Waals surface area (Å²) >= 11 is 0. The van der Waals surface area contributed by atoms with Gasteiger partial charge in [0.25, 0.3) is 0 Å². The van der Waals surface area contributed by atoms with Gasteiger partial charge in [0.2, 0.25) is 0 Å². The van der Waals surface area contributed by atoms with Crippen molar-refractivity contribution >= 4 is 22.3 Å². The molecular formula is C19H25N3O. The fourth-order valence-electron chi connectivity index (χ4n) is 4.03. The molecule has 2 aromatic rings. The van der Waals surface area contributed by atoms with E-state index in [2.05, 4.69) is 17.0 Å². The lowest BCUT2D eigenvalue weighted by atomic mass is 9.85. The van der Waals surface area contributed by atoms with Crippen LogP contribution in [0.3, 0.4) is 0 Å². The molecule has 1 saturated heterocycles. The van der Waals surface area contributed by atoms with Gasteiger partial charge in [-0.1, -0.05) is 37.5 Å². The van der Waals surface area contributed by atoms with Gasteiger partial charge in [0.1, 0.15) is 0 Å². The van der Waals surface area contributed by atoms with E-state index < -0.39 is 0 Å². The molecule has 0 radical (unpaired) electrons. The van der Waals surface area contributed by atoms with E-state index in [0.717, 1.165) is 42.9 Å². The largest absolute Gasteiger partial charge is 0.396 e. The van der Waals surface area contributed by atoms with Crippen LogP contribution in [0, 0.1) is 0 Å². The zero-order valence-electron chi connectivity index (χ0n) is 13.6. The summed E-state index contributed by atoms with van der Waals surface area (Å²) in [5.41, 5.74) is 11.0. The average molecular weight is 311 g/mol. The van der Waals surface area contributed by atoms with E-state index in [9.17, 15) is 0 Å². The summed E-state index contributed by atoms with van der Waals surface area (Å²) < 4.78 is 5.53. The molecule has 0 amide bonds. The maximum atomic E-state index is 6.63. The maximum Gasteiger partial charge on any atom is 0.0830 e. The predicted molar refractivity (Wildman–Crippen MR) is 95.0 cm³/mol. The van der Waals surface area contributed by atoms with E-state index in [1.807, 2.05) is 12.1 Å². The predicted octanol–water partition coefficient (Wildman–Crippen LogP) is 3.70. The number of benzene rings is 1. The Labute approximate surface area is 137 Å². The Bertz CT molecular complexity index is 688. The van der Waals surface area contributed by atoms with E-state index in [0.29, 0.717) is 5.92 Å². The Kier molecular flexibility index (Phi) is 4.08. The SMILES string of the molecule is Nc1c(N2CCOCC2)c(C2CCCCC2)nc2ccccc12. The number of morpholine rings is 1. The second-order valence-electron chi connectivity index (χ2n) is 6.71. The first-order chi connectivity index (χ1) is 11.3. The lowest BCUT2D eigenvalue weighted by molar-refractivity contribution is 0.122. The van der Waals surface area contributed by atoms with Crippen molar-refractivity contribution < 1.29 is 4.74 Å². The maximum absolute atomic E-state index is 6.63. The van der Waals surface area contributed by atoms with Crippen molar-refractivity contribution in [3.05, 3.63) is 30.0 Å². The van der Waals surface area contributed by atoms with Crippen LogP contribution >= 0.6 is 0 Å². The lowest BCUT2D eigenvalue weighted by Crippen LogP contribution is -2.37. The fourth-order valence-corrected chi connectivity index (χ4v) is 4.03. The number of fused-ring (bicyclic) bond motifs is 1. The molecule has 2 fully saturated rings. The van der Waals surface area contributed by atoms with Gasteiger partial charge in [-0.25, -0.2) is 0 Å². The molecule has 4 rings (SSSR count). The number of ether oxygens (including phenoxy) is 1. The van der Waals surface area contributed by atoms with Crippen molar-refractivity contribution in [2.24, 2.45) is 0 Å². The van der Waals surface area contributed by atoms with E-state index in [1.165, 1.54) is 43.5 Å². The highest BCUT2D eigenvalue weighted by Crippen LogP contribution is 2.42. The third-order valence-electron chi connectivity index (χ3n) is 5.25. The summed E-state index contributed by atoms with van der Waals surface area (Å²) in [6, 6.07) is 8.27. The summed E-state index contributed by atoms with van der Waals surface area (Å²) in [5.74, 6) is 0.550. The number of rotatable bonds is 2. The van der Waals surface area contributed by atoms with Crippen molar-refractivity contribution in [2.45, 2.75) is 38.0 Å². The first-order valence-electron chi connectivity index (χ1n) is 8.85. The third-order valence-corrected chi connectivity index (χ3v) is 5.25. The van der Waals surface area contributed by atoms with Crippen molar-refractivity contribution in [3.8, 4) is 0 Å². The molecule has 2 N–H and O–H groups in total. The van der Waals surface area contributed by atoms with Crippen LogP contribution < -0.4 is 10.6 Å². The van der Waals surface area contributed by atoms with Gasteiger partial charge >= 0.3 is 0 Å². The van der Waals surface area contributed by atoms with Gasteiger partial charge in [-0.2, -0.15) is 0 Å². The smallest absolute Gasteiger partial charge is 0.0830 e. The third kappa shape index (κ3) is 2.76. The summed E-state index contributed by atoms with van der Waals surface area (Å²) in [4.78, 5) is 7.46. The number of nitrogen functional groups attached to an aromatic ring is 1. The van der Waals surface area contributed by atoms with Gasteiger partial charge in [0.15, 0.2) is 0 Å². The Hall–Kier alpha value is -1.81. The lowest BCUT2D eigenvalue weighted by Gasteiger charge is -2.34. The monoisotopic (exact) mass is 311 g/mol. The van der Waals surface area contributed by atoms with Crippen LogP contribution in [-0.4, -0.2) is 31.3 Å². The standard InChI is InChI=1S/C19H25N3O/c20-17-15-8-4-5-9-16(15)21-18(14-6-2-1-3-7-14)19(17)22-10-12-23-13-11-22/h4-5,8-9,14H,1-3,6-7,10-13H2,(H2,20,21). The van der Waals surface area contributed by atoms with Crippen LogP contribution in [0.5, 0.6) is 0 Å². The van der Waals surface area contributed by atoms with Gasteiger partial charge < -0.3 is 15.4 Å². The number of anilines is 2. The highest BCUT2D eigenvalue weighted by molar-refractivity contribution is 5.97. The number of para-hydroxylation sites is 1. The molecular weight excluding hydrogens is 286 g/mol. The zero-order chi connectivity index (χ0) is 15.6. The molecule has 2 heterocycles. The quantitative estimate of drug-likeness (QED) is 0.919. The zero-order valence-corrected chi connectivity index (χ0v) is 13.6. The van der Waals surface area contributed by atoms with Crippen LogP contribution in [0.4, 0.5) is 11.4 Å². The highest BCUT2D eigenvalue weighted by Gasteiger charge is 2.26. The minimum absolute atomic E-state index is 0.550. The van der Waals surface area contributed by atoms with Crippen molar-refractivity contribution in [3.63, 3.8) is 0 Å². The van der Waals surface area contributed by atoms with E-state index in [4.69, 9.17) is 15.5 Å². The summed E-state index contributed by atoms with van der Waals surface area (Å²) in [5, 5.41) is 1.08. The molecule has 122 valence electrons. The molecule has 2 aliphatic rings. The molecule has 1 aliphatic heterocycles. The minimum atomic E-state index is 0.550. The number of hydrogen-bond donors (Lipinski definition) is 1. The van der Waals surface area contributed by atoms with Crippen molar-refractivity contribution in [1.29, 1.82) is 0 Å². The number of pyridine rings is 1. The Morgan fingerprint density at radius 2 is 1.78 bits per heavy atom. The highest BCUT2D eigenvalue weighted by atomic mass is 16.5. The Morgan fingerprint density at radius 3 is 2.57 bits per heavy atom. The van der Waals surface area contributed by atoms with Crippen LogP contribution in [0.2, 0.25) is 0 Å².